The highest BCUT2D eigenvalue weighted by molar-refractivity contribution is 5.74. The van der Waals surface area contributed by atoms with Crippen LogP contribution in [0.15, 0.2) is 0 Å². The second kappa shape index (κ2) is 8.25. The predicted octanol–water partition coefficient (Wildman–Crippen LogP) is 3.24. The van der Waals surface area contributed by atoms with Crippen molar-refractivity contribution in [3.05, 3.63) is 0 Å². The van der Waals surface area contributed by atoms with Crippen molar-refractivity contribution >= 4 is 12.0 Å². The first-order chi connectivity index (χ1) is 9.82. The van der Waals surface area contributed by atoms with Gasteiger partial charge in [-0.3, -0.25) is 4.79 Å². The third kappa shape index (κ3) is 6.82. The first-order valence-electron chi connectivity index (χ1n) is 8.04. The van der Waals surface area contributed by atoms with Crippen LogP contribution in [0.5, 0.6) is 0 Å². The van der Waals surface area contributed by atoms with Crippen LogP contribution in [0.25, 0.3) is 0 Å². The van der Waals surface area contributed by atoms with Crippen molar-refractivity contribution in [3.8, 4) is 0 Å². The average Bonchev–Trinajstić information content (AvgIpc) is 2.45. The van der Waals surface area contributed by atoms with Crippen molar-refractivity contribution in [3.63, 3.8) is 0 Å². The normalized spacial score (nSPS) is 16.5. The Morgan fingerprint density at radius 1 is 1.19 bits per heavy atom. The van der Waals surface area contributed by atoms with Crippen molar-refractivity contribution in [1.82, 2.24) is 10.2 Å². The maximum absolute atomic E-state index is 12.1. The molecule has 2 N–H and O–H groups in total. The Hall–Kier alpha value is -1.26. The molecule has 2 amide bonds. The SMILES string of the molecule is CN(C(=O)NCCC(C)(C)CCC(=O)O)C1CCCCC1. The number of carbonyl (C=O) groups excluding carboxylic acids is 1. The van der Waals surface area contributed by atoms with E-state index in [1.807, 2.05) is 25.8 Å². The van der Waals surface area contributed by atoms with E-state index in [9.17, 15) is 9.59 Å². The van der Waals surface area contributed by atoms with Crippen LogP contribution in [0.4, 0.5) is 4.79 Å². The second-order valence-corrected chi connectivity index (χ2v) is 6.94. The number of aliphatic carboxylic acids is 1. The summed E-state index contributed by atoms with van der Waals surface area (Å²) in [5, 5.41) is 11.7. The standard InChI is InChI=1S/C16H30N2O3/c1-16(2,10-9-14(19)20)11-12-17-15(21)18(3)13-7-5-4-6-8-13/h13H,4-12H2,1-3H3,(H,17,21)(H,19,20). The fraction of sp³-hybridized carbons (Fsp3) is 0.875. The van der Waals surface area contributed by atoms with Crippen LogP contribution < -0.4 is 5.32 Å². The van der Waals surface area contributed by atoms with Gasteiger partial charge in [0.1, 0.15) is 0 Å². The largest absolute Gasteiger partial charge is 0.481 e. The highest BCUT2D eigenvalue weighted by atomic mass is 16.4. The molecule has 0 unspecified atom stereocenters. The fourth-order valence-corrected chi connectivity index (χ4v) is 2.84. The van der Waals surface area contributed by atoms with Gasteiger partial charge < -0.3 is 15.3 Å². The molecule has 0 atom stereocenters. The molecular weight excluding hydrogens is 268 g/mol. The lowest BCUT2D eigenvalue weighted by Gasteiger charge is -2.32. The Morgan fingerprint density at radius 3 is 2.38 bits per heavy atom. The zero-order chi connectivity index (χ0) is 15.9. The number of carboxylic acids is 1. The molecule has 5 nitrogen and oxygen atoms in total. The minimum Gasteiger partial charge on any atom is -0.481 e. The van der Waals surface area contributed by atoms with Gasteiger partial charge >= 0.3 is 12.0 Å². The van der Waals surface area contributed by atoms with Crippen LogP contribution in [0.3, 0.4) is 0 Å². The predicted molar refractivity (Wildman–Crippen MR) is 83.3 cm³/mol. The first kappa shape index (κ1) is 17.8. The Balaban J connectivity index is 2.27. The molecule has 1 rings (SSSR count). The van der Waals surface area contributed by atoms with Gasteiger partial charge in [-0.15, -0.1) is 0 Å². The minimum atomic E-state index is -0.760. The highest BCUT2D eigenvalue weighted by Crippen LogP contribution is 2.26. The summed E-state index contributed by atoms with van der Waals surface area (Å²) < 4.78 is 0. The number of carbonyl (C=O) groups is 2. The lowest BCUT2D eigenvalue weighted by molar-refractivity contribution is -0.137. The van der Waals surface area contributed by atoms with Gasteiger partial charge in [0.15, 0.2) is 0 Å². The van der Waals surface area contributed by atoms with Crippen molar-refractivity contribution in [2.45, 2.75) is 71.3 Å². The Morgan fingerprint density at radius 2 is 1.81 bits per heavy atom. The molecule has 0 spiro atoms. The number of carboxylic acid groups (broad SMARTS) is 1. The van der Waals surface area contributed by atoms with Crippen molar-refractivity contribution in [2.24, 2.45) is 5.41 Å². The van der Waals surface area contributed by atoms with Gasteiger partial charge in [-0.2, -0.15) is 0 Å². The molecule has 0 aliphatic heterocycles. The number of amides is 2. The van der Waals surface area contributed by atoms with Crippen molar-refractivity contribution in [1.29, 1.82) is 0 Å². The smallest absolute Gasteiger partial charge is 0.317 e. The van der Waals surface area contributed by atoms with Crippen LogP contribution in [0.1, 0.15) is 65.2 Å². The summed E-state index contributed by atoms with van der Waals surface area (Å²) in [4.78, 5) is 24.6. The van der Waals surface area contributed by atoms with Crippen LogP contribution in [-0.4, -0.2) is 41.6 Å². The summed E-state index contributed by atoms with van der Waals surface area (Å²) in [5.74, 6) is -0.760. The molecule has 0 aromatic carbocycles. The zero-order valence-electron chi connectivity index (χ0n) is 13.7. The summed E-state index contributed by atoms with van der Waals surface area (Å²) in [5.41, 5.74) is -0.0604. The van der Waals surface area contributed by atoms with E-state index < -0.39 is 5.97 Å². The maximum Gasteiger partial charge on any atom is 0.317 e. The van der Waals surface area contributed by atoms with Gasteiger partial charge in [-0.25, -0.2) is 4.79 Å². The summed E-state index contributed by atoms with van der Waals surface area (Å²) in [7, 11) is 1.88. The molecule has 1 fully saturated rings. The highest BCUT2D eigenvalue weighted by Gasteiger charge is 2.23. The Kier molecular flexibility index (Phi) is 6.99. The molecule has 0 aromatic heterocycles. The van der Waals surface area contributed by atoms with Gasteiger partial charge in [0, 0.05) is 26.1 Å². The quantitative estimate of drug-likeness (QED) is 0.758. The monoisotopic (exact) mass is 298 g/mol. The summed E-state index contributed by atoms with van der Waals surface area (Å²) >= 11 is 0. The van der Waals surface area contributed by atoms with Gasteiger partial charge in [-0.1, -0.05) is 33.1 Å². The van der Waals surface area contributed by atoms with E-state index in [-0.39, 0.29) is 17.9 Å². The van der Waals surface area contributed by atoms with E-state index >= 15 is 0 Å². The van der Waals surface area contributed by atoms with E-state index in [0.717, 1.165) is 19.3 Å². The molecule has 122 valence electrons. The third-order valence-corrected chi connectivity index (χ3v) is 4.54. The van der Waals surface area contributed by atoms with Gasteiger partial charge in [0.2, 0.25) is 0 Å². The lowest BCUT2D eigenvalue weighted by atomic mass is 9.84. The average molecular weight is 298 g/mol. The summed E-state index contributed by atoms with van der Waals surface area (Å²) in [6.07, 6.45) is 7.53. The van der Waals surface area contributed by atoms with E-state index in [0.29, 0.717) is 19.0 Å². The van der Waals surface area contributed by atoms with E-state index in [1.165, 1.54) is 19.3 Å². The topological polar surface area (TPSA) is 69.6 Å². The lowest BCUT2D eigenvalue weighted by Crippen LogP contribution is -2.45. The van der Waals surface area contributed by atoms with Crippen molar-refractivity contribution < 1.29 is 14.7 Å². The maximum atomic E-state index is 12.1. The molecule has 0 aromatic rings. The molecule has 1 saturated carbocycles. The number of rotatable bonds is 7. The number of hydrogen-bond acceptors (Lipinski definition) is 2. The molecule has 5 heteroatoms. The number of hydrogen-bond donors (Lipinski definition) is 2. The number of urea groups is 1. The number of nitrogens with zero attached hydrogens (tertiary/aromatic N) is 1. The Bertz CT molecular complexity index is 349. The third-order valence-electron chi connectivity index (χ3n) is 4.54. The van der Waals surface area contributed by atoms with E-state index in [1.54, 1.807) is 0 Å². The van der Waals surface area contributed by atoms with Crippen LogP contribution >= 0.6 is 0 Å². The molecule has 1 aliphatic carbocycles. The molecular formula is C16H30N2O3. The summed E-state index contributed by atoms with van der Waals surface area (Å²) in [6, 6.07) is 0.370. The van der Waals surface area contributed by atoms with Gasteiger partial charge in [0.05, 0.1) is 0 Å². The minimum absolute atomic E-state index is 0.00376. The molecule has 1 aliphatic rings. The fourth-order valence-electron chi connectivity index (χ4n) is 2.84. The summed E-state index contributed by atoms with van der Waals surface area (Å²) in [6.45, 7) is 4.70. The molecule has 0 bridgehead atoms. The number of nitrogens with one attached hydrogen (secondary N) is 1. The van der Waals surface area contributed by atoms with Crippen LogP contribution in [-0.2, 0) is 4.79 Å². The van der Waals surface area contributed by atoms with E-state index in [4.69, 9.17) is 5.11 Å². The second-order valence-electron chi connectivity index (χ2n) is 6.94. The van der Waals surface area contributed by atoms with Gasteiger partial charge in [0.25, 0.3) is 0 Å². The van der Waals surface area contributed by atoms with Gasteiger partial charge in [-0.05, 0) is 31.1 Å². The zero-order valence-corrected chi connectivity index (χ0v) is 13.7. The van der Waals surface area contributed by atoms with Crippen molar-refractivity contribution in [2.75, 3.05) is 13.6 Å². The molecule has 21 heavy (non-hydrogen) atoms. The van der Waals surface area contributed by atoms with Crippen LogP contribution in [0.2, 0.25) is 0 Å². The molecule has 0 saturated heterocycles. The van der Waals surface area contributed by atoms with Crippen LogP contribution in [0, 0.1) is 5.41 Å². The van der Waals surface area contributed by atoms with E-state index in [2.05, 4.69) is 5.32 Å². The first-order valence-corrected chi connectivity index (χ1v) is 8.04. The Labute approximate surface area is 128 Å². The molecule has 0 heterocycles. The molecule has 0 radical (unpaired) electrons.